The van der Waals surface area contributed by atoms with Crippen LogP contribution in [-0.4, -0.2) is 24.3 Å². The molecule has 5 nitrogen and oxygen atoms in total. The number of nitrogens with one attached hydrogen (secondary N) is 1. The van der Waals surface area contributed by atoms with Gasteiger partial charge in [0.2, 0.25) is 0 Å². The fraction of sp³-hybridized carbons (Fsp3) is 0.222. The van der Waals surface area contributed by atoms with Crippen LogP contribution in [0.5, 0.6) is 5.75 Å². The second-order valence-electron chi connectivity index (χ2n) is 5.32. The average Bonchev–Trinajstić information content (AvgIpc) is 2.59. The Balaban J connectivity index is 1.86. The normalized spacial score (nSPS) is 12.2. The van der Waals surface area contributed by atoms with Crippen LogP contribution in [0, 0.1) is 0 Å². The van der Waals surface area contributed by atoms with Crippen molar-refractivity contribution >= 4 is 11.9 Å². The van der Waals surface area contributed by atoms with Crippen LogP contribution in [0.4, 0.5) is 13.2 Å². The van der Waals surface area contributed by atoms with Crippen molar-refractivity contribution < 1.29 is 32.2 Å². The predicted molar refractivity (Wildman–Crippen MR) is 86.3 cm³/mol. The number of ether oxygens (including phenoxy) is 2. The molecule has 0 spiro atoms. The van der Waals surface area contributed by atoms with Crippen LogP contribution in [0.2, 0.25) is 0 Å². The third-order valence-electron chi connectivity index (χ3n) is 3.29. The van der Waals surface area contributed by atoms with Gasteiger partial charge in [-0.05, 0) is 36.8 Å². The largest absolute Gasteiger partial charge is 0.573 e. The van der Waals surface area contributed by atoms with Crippen molar-refractivity contribution in [1.29, 1.82) is 0 Å². The van der Waals surface area contributed by atoms with Gasteiger partial charge < -0.3 is 14.8 Å². The highest BCUT2D eigenvalue weighted by Crippen LogP contribution is 2.23. The fourth-order valence-corrected chi connectivity index (χ4v) is 2.00. The zero-order chi connectivity index (χ0) is 19.2. The van der Waals surface area contributed by atoms with Gasteiger partial charge in [0.05, 0.1) is 5.56 Å². The molecule has 0 aliphatic heterocycles. The van der Waals surface area contributed by atoms with Gasteiger partial charge in [0.15, 0.2) is 6.10 Å². The van der Waals surface area contributed by atoms with E-state index in [0.29, 0.717) is 0 Å². The van der Waals surface area contributed by atoms with Crippen molar-refractivity contribution in [2.24, 2.45) is 0 Å². The number of benzene rings is 2. The van der Waals surface area contributed by atoms with Crippen LogP contribution in [0.3, 0.4) is 0 Å². The SMILES string of the molecule is C[C@@H](OC(=O)c1ccc(OC(F)(F)F)cc1)C(=O)NCc1ccccc1. The maximum absolute atomic E-state index is 12.1. The minimum absolute atomic E-state index is 0.00207. The molecule has 0 unspecified atom stereocenters. The standard InChI is InChI=1S/C18H16F3NO4/c1-12(16(23)22-11-13-5-3-2-4-6-13)25-17(24)14-7-9-15(10-8-14)26-18(19,20)21/h2-10,12H,11H2,1H3,(H,22,23)/t12-/m1/s1. The first kappa shape index (κ1) is 19.3. The van der Waals surface area contributed by atoms with E-state index in [9.17, 15) is 22.8 Å². The number of carbonyl (C=O) groups is 2. The monoisotopic (exact) mass is 367 g/mol. The lowest BCUT2D eigenvalue weighted by Gasteiger charge is -2.14. The summed E-state index contributed by atoms with van der Waals surface area (Å²) in [5.41, 5.74) is 0.891. The summed E-state index contributed by atoms with van der Waals surface area (Å²) in [4.78, 5) is 23.9. The van der Waals surface area contributed by atoms with E-state index in [4.69, 9.17) is 4.74 Å². The number of alkyl halides is 3. The highest BCUT2D eigenvalue weighted by atomic mass is 19.4. The van der Waals surface area contributed by atoms with Crippen LogP contribution in [0.25, 0.3) is 0 Å². The van der Waals surface area contributed by atoms with E-state index < -0.39 is 30.1 Å². The first-order valence-electron chi connectivity index (χ1n) is 7.63. The van der Waals surface area contributed by atoms with Gasteiger partial charge in [-0.3, -0.25) is 4.79 Å². The minimum atomic E-state index is -4.81. The van der Waals surface area contributed by atoms with Gasteiger partial charge in [-0.1, -0.05) is 30.3 Å². The Morgan fingerprint density at radius 3 is 2.23 bits per heavy atom. The van der Waals surface area contributed by atoms with Crippen LogP contribution in [0.1, 0.15) is 22.8 Å². The molecule has 1 amide bonds. The highest BCUT2D eigenvalue weighted by molar-refractivity contribution is 5.92. The maximum Gasteiger partial charge on any atom is 0.573 e. The van der Waals surface area contributed by atoms with Crippen molar-refractivity contribution in [3.63, 3.8) is 0 Å². The first-order chi connectivity index (χ1) is 12.2. The van der Waals surface area contributed by atoms with Gasteiger partial charge in [0.1, 0.15) is 5.75 Å². The number of hydrogen-bond donors (Lipinski definition) is 1. The average molecular weight is 367 g/mol. The Morgan fingerprint density at radius 1 is 1.04 bits per heavy atom. The van der Waals surface area contributed by atoms with E-state index in [-0.39, 0.29) is 12.1 Å². The first-order valence-corrected chi connectivity index (χ1v) is 7.63. The van der Waals surface area contributed by atoms with Crippen LogP contribution in [-0.2, 0) is 16.1 Å². The van der Waals surface area contributed by atoms with Crippen LogP contribution in [0.15, 0.2) is 54.6 Å². The van der Waals surface area contributed by atoms with Gasteiger partial charge in [-0.25, -0.2) is 4.79 Å². The Labute approximate surface area is 147 Å². The molecule has 0 radical (unpaired) electrons. The van der Waals surface area contributed by atoms with Gasteiger partial charge in [0.25, 0.3) is 5.91 Å². The smallest absolute Gasteiger partial charge is 0.449 e. The van der Waals surface area contributed by atoms with Crippen LogP contribution < -0.4 is 10.1 Å². The molecular weight excluding hydrogens is 351 g/mol. The van der Waals surface area contributed by atoms with Gasteiger partial charge in [-0.2, -0.15) is 0 Å². The summed E-state index contributed by atoms with van der Waals surface area (Å²) in [6.07, 6.45) is -5.87. The Bertz CT molecular complexity index is 745. The zero-order valence-electron chi connectivity index (χ0n) is 13.7. The van der Waals surface area contributed by atoms with Gasteiger partial charge >= 0.3 is 12.3 Å². The van der Waals surface area contributed by atoms with Gasteiger partial charge in [-0.15, -0.1) is 13.2 Å². The molecule has 0 fully saturated rings. The number of halogens is 3. The molecule has 0 saturated heterocycles. The molecule has 1 atom stereocenters. The highest BCUT2D eigenvalue weighted by Gasteiger charge is 2.31. The Morgan fingerprint density at radius 2 is 1.65 bits per heavy atom. The maximum atomic E-state index is 12.1. The molecule has 0 aliphatic rings. The summed E-state index contributed by atoms with van der Waals surface area (Å²) in [5.74, 6) is -1.77. The van der Waals surface area contributed by atoms with Crippen molar-refractivity contribution in [2.45, 2.75) is 25.9 Å². The van der Waals surface area contributed by atoms with E-state index in [1.54, 1.807) is 0 Å². The molecule has 26 heavy (non-hydrogen) atoms. The minimum Gasteiger partial charge on any atom is -0.449 e. The zero-order valence-corrected chi connectivity index (χ0v) is 13.7. The number of rotatable bonds is 6. The third kappa shape index (κ3) is 6.12. The molecular formula is C18H16F3NO4. The number of hydrogen-bond acceptors (Lipinski definition) is 4. The summed E-state index contributed by atoms with van der Waals surface area (Å²) in [6.45, 7) is 1.68. The van der Waals surface area contributed by atoms with Gasteiger partial charge in [0, 0.05) is 6.54 Å². The molecule has 0 saturated carbocycles. The summed E-state index contributed by atoms with van der Waals surface area (Å²) < 4.78 is 45.0. The van der Waals surface area contributed by atoms with Crippen molar-refractivity contribution in [1.82, 2.24) is 5.32 Å². The van der Waals surface area contributed by atoms with Crippen molar-refractivity contribution in [3.8, 4) is 5.75 Å². The number of amides is 1. The fourth-order valence-electron chi connectivity index (χ4n) is 2.00. The lowest BCUT2D eigenvalue weighted by Crippen LogP contribution is -2.35. The molecule has 2 rings (SSSR count). The molecule has 0 aliphatic carbocycles. The number of esters is 1. The summed E-state index contributed by atoms with van der Waals surface area (Å²) in [5, 5.41) is 2.63. The van der Waals surface area contributed by atoms with E-state index in [0.717, 1.165) is 29.8 Å². The lowest BCUT2D eigenvalue weighted by atomic mass is 10.2. The second kappa shape index (κ2) is 8.37. The molecule has 1 N–H and O–H groups in total. The van der Waals surface area contributed by atoms with E-state index in [1.165, 1.54) is 6.92 Å². The molecule has 2 aromatic carbocycles. The topological polar surface area (TPSA) is 64.6 Å². The Kier molecular flexibility index (Phi) is 6.21. The second-order valence-corrected chi connectivity index (χ2v) is 5.32. The van der Waals surface area contributed by atoms with Crippen LogP contribution >= 0.6 is 0 Å². The molecule has 0 bridgehead atoms. The molecule has 0 heterocycles. The quantitative estimate of drug-likeness (QED) is 0.795. The van der Waals surface area contributed by atoms with Crippen molar-refractivity contribution in [2.75, 3.05) is 0 Å². The molecule has 138 valence electrons. The lowest BCUT2D eigenvalue weighted by molar-refractivity contribution is -0.274. The van der Waals surface area contributed by atoms with E-state index >= 15 is 0 Å². The molecule has 0 aromatic heterocycles. The molecule has 8 heteroatoms. The third-order valence-corrected chi connectivity index (χ3v) is 3.29. The summed E-state index contributed by atoms with van der Waals surface area (Å²) >= 11 is 0. The summed E-state index contributed by atoms with van der Waals surface area (Å²) in [6, 6.07) is 13.4. The predicted octanol–water partition coefficient (Wildman–Crippen LogP) is 3.45. The van der Waals surface area contributed by atoms with E-state index in [2.05, 4.69) is 10.1 Å². The molecule has 2 aromatic rings. The Hall–Kier alpha value is -3.03. The summed E-state index contributed by atoms with van der Waals surface area (Å²) in [7, 11) is 0. The van der Waals surface area contributed by atoms with Crippen molar-refractivity contribution in [3.05, 3.63) is 65.7 Å². The van der Waals surface area contributed by atoms with E-state index in [1.807, 2.05) is 30.3 Å². The number of carbonyl (C=O) groups excluding carboxylic acids is 2.